The Morgan fingerprint density at radius 2 is 1.51 bits per heavy atom. The lowest BCUT2D eigenvalue weighted by Gasteiger charge is -2.19. The average molecular weight is 485 g/mol. The van der Waals surface area contributed by atoms with Gasteiger partial charge in [0.15, 0.2) is 4.96 Å². The molecule has 0 saturated heterocycles. The quantitative estimate of drug-likeness (QED) is 0.282. The van der Waals surface area contributed by atoms with Crippen LogP contribution in [0, 0.1) is 0 Å². The predicted octanol–water partition coefficient (Wildman–Crippen LogP) is 5.60. The highest BCUT2D eigenvalue weighted by atomic mass is 32.1. The Hall–Kier alpha value is -3.64. The summed E-state index contributed by atoms with van der Waals surface area (Å²) in [6.07, 6.45) is 2.69. The van der Waals surface area contributed by atoms with Crippen LogP contribution in [0.2, 0.25) is 0 Å². The average Bonchev–Trinajstić information content (AvgIpc) is 3.35. The standard InChI is InChI=1S/C29H28N2O3S/c1-29(2,3)21-11-15-23(16-12-21)34-18-6-17-33-22-13-9-20(10-14-22)19-26-27(32)31-25-8-5-4-7-24(25)30-28(31)35-26/h4-5,7-16,19H,6,17-18H2,1-3H3/b26-19-. The van der Waals surface area contributed by atoms with Crippen molar-refractivity contribution < 1.29 is 9.47 Å². The number of nitrogens with zero attached hydrogens (tertiary/aromatic N) is 2. The molecule has 5 aromatic rings. The van der Waals surface area contributed by atoms with E-state index in [1.54, 1.807) is 4.40 Å². The molecule has 2 heterocycles. The molecule has 0 radical (unpaired) electrons. The molecule has 3 aromatic carbocycles. The number of thiazole rings is 1. The maximum absolute atomic E-state index is 12.9. The number of rotatable bonds is 7. The van der Waals surface area contributed by atoms with Crippen LogP contribution >= 0.6 is 11.3 Å². The van der Waals surface area contributed by atoms with Crippen LogP contribution in [0.25, 0.3) is 22.1 Å². The molecule has 5 nitrogen and oxygen atoms in total. The summed E-state index contributed by atoms with van der Waals surface area (Å²) >= 11 is 1.41. The Morgan fingerprint density at radius 1 is 0.886 bits per heavy atom. The van der Waals surface area contributed by atoms with Gasteiger partial charge in [0.2, 0.25) is 0 Å². The molecule has 0 unspecified atom stereocenters. The van der Waals surface area contributed by atoms with E-state index in [1.807, 2.05) is 66.7 Å². The van der Waals surface area contributed by atoms with Crippen LogP contribution in [0.4, 0.5) is 0 Å². The van der Waals surface area contributed by atoms with Gasteiger partial charge >= 0.3 is 0 Å². The van der Waals surface area contributed by atoms with Crippen molar-refractivity contribution in [2.45, 2.75) is 32.6 Å². The zero-order chi connectivity index (χ0) is 24.4. The van der Waals surface area contributed by atoms with Crippen molar-refractivity contribution >= 4 is 33.4 Å². The smallest absolute Gasteiger partial charge is 0.274 e. The first-order chi connectivity index (χ1) is 16.9. The van der Waals surface area contributed by atoms with E-state index in [9.17, 15) is 4.79 Å². The monoisotopic (exact) mass is 484 g/mol. The molecule has 0 fully saturated rings. The number of aromatic nitrogens is 2. The fourth-order valence-corrected chi connectivity index (χ4v) is 4.90. The summed E-state index contributed by atoms with van der Waals surface area (Å²) < 4.78 is 14.0. The van der Waals surface area contributed by atoms with Crippen LogP contribution in [0.1, 0.15) is 38.3 Å². The minimum absolute atomic E-state index is 0.0351. The zero-order valence-electron chi connectivity index (χ0n) is 20.2. The molecular formula is C29H28N2O3S. The molecule has 0 bridgehead atoms. The molecule has 5 rings (SSSR count). The zero-order valence-corrected chi connectivity index (χ0v) is 21.0. The van der Waals surface area contributed by atoms with Crippen molar-refractivity contribution in [1.29, 1.82) is 0 Å². The second kappa shape index (κ2) is 9.55. The SMILES string of the molecule is CC(C)(C)c1ccc(OCCCOc2ccc(/C=c3\sc4nc5ccccc5n4c3=O)cc2)cc1. The van der Waals surface area contributed by atoms with E-state index in [-0.39, 0.29) is 11.0 Å². The first-order valence-corrected chi connectivity index (χ1v) is 12.6. The number of ether oxygens (including phenoxy) is 2. The van der Waals surface area contributed by atoms with Crippen LogP contribution < -0.4 is 19.6 Å². The summed E-state index contributed by atoms with van der Waals surface area (Å²) in [4.78, 5) is 18.2. The normalized spacial score (nSPS) is 12.5. The van der Waals surface area contributed by atoms with E-state index in [4.69, 9.17) is 9.47 Å². The third-order valence-electron chi connectivity index (χ3n) is 5.87. The van der Waals surface area contributed by atoms with Crippen LogP contribution in [-0.4, -0.2) is 22.6 Å². The van der Waals surface area contributed by atoms with Gasteiger partial charge in [0.25, 0.3) is 5.56 Å². The number of fused-ring (bicyclic) bond motifs is 3. The topological polar surface area (TPSA) is 52.8 Å². The first kappa shape index (κ1) is 23.1. The number of hydrogen-bond acceptors (Lipinski definition) is 5. The molecule has 0 aliphatic rings. The summed E-state index contributed by atoms with van der Waals surface area (Å²) in [7, 11) is 0. The molecule has 35 heavy (non-hydrogen) atoms. The maximum atomic E-state index is 12.9. The molecule has 2 aromatic heterocycles. The van der Waals surface area contributed by atoms with Crippen molar-refractivity contribution in [3.05, 3.63) is 98.8 Å². The van der Waals surface area contributed by atoms with Gasteiger partial charge in [-0.1, -0.05) is 68.5 Å². The molecule has 0 spiro atoms. The highest BCUT2D eigenvalue weighted by Gasteiger charge is 2.13. The van der Waals surface area contributed by atoms with Gasteiger partial charge in [-0.25, -0.2) is 9.38 Å². The summed E-state index contributed by atoms with van der Waals surface area (Å²) in [6.45, 7) is 7.78. The van der Waals surface area contributed by atoms with Gasteiger partial charge in [-0.3, -0.25) is 4.79 Å². The van der Waals surface area contributed by atoms with E-state index in [1.165, 1.54) is 16.9 Å². The minimum atomic E-state index is -0.0351. The van der Waals surface area contributed by atoms with E-state index in [0.717, 1.165) is 39.5 Å². The lowest BCUT2D eigenvalue weighted by atomic mass is 9.87. The Morgan fingerprint density at radius 3 is 2.17 bits per heavy atom. The van der Waals surface area contributed by atoms with Gasteiger partial charge in [0, 0.05) is 6.42 Å². The Balaban J connectivity index is 1.16. The Bertz CT molecular complexity index is 1560. The largest absolute Gasteiger partial charge is 0.493 e. The van der Waals surface area contributed by atoms with Crippen LogP contribution in [0.3, 0.4) is 0 Å². The number of hydrogen-bond donors (Lipinski definition) is 0. The van der Waals surface area contributed by atoms with Crippen molar-refractivity contribution in [2.75, 3.05) is 13.2 Å². The van der Waals surface area contributed by atoms with Crippen molar-refractivity contribution in [3.63, 3.8) is 0 Å². The van der Waals surface area contributed by atoms with Crippen molar-refractivity contribution in [2.24, 2.45) is 0 Å². The van der Waals surface area contributed by atoms with Gasteiger partial charge in [0.1, 0.15) is 11.5 Å². The van der Waals surface area contributed by atoms with E-state index < -0.39 is 0 Å². The lowest BCUT2D eigenvalue weighted by molar-refractivity contribution is 0.247. The molecule has 6 heteroatoms. The van der Waals surface area contributed by atoms with Crippen LogP contribution in [-0.2, 0) is 5.41 Å². The Labute approximate surface area is 208 Å². The third-order valence-corrected chi connectivity index (χ3v) is 6.84. The maximum Gasteiger partial charge on any atom is 0.274 e. The first-order valence-electron chi connectivity index (χ1n) is 11.8. The fourth-order valence-electron chi connectivity index (χ4n) is 3.91. The fraction of sp³-hybridized carbons (Fsp3) is 0.241. The lowest BCUT2D eigenvalue weighted by Crippen LogP contribution is -2.22. The molecule has 0 aliphatic heterocycles. The summed E-state index contributed by atoms with van der Waals surface area (Å²) in [5, 5.41) is 0. The van der Waals surface area contributed by atoms with E-state index in [0.29, 0.717) is 17.7 Å². The Kier molecular flexibility index (Phi) is 6.31. The van der Waals surface area contributed by atoms with Gasteiger partial charge < -0.3 is 9.47 Å². The molecular weight excluding hydrogens is 456 g/mol. The van der Waals surface area contributed by atoms with Gasteiger partial charge in [0.05, 0.1) is 28.8 Å². The van der Waals surface area contributed by atoms with Gasteiger partial charge in [-0.15, -0.1) is 0 Å². The number of benzene rings is 3. The third kappa shape index (κ3) is 5.08. The highest BCUT2D eigenvalue weighted by molar-refractivity contribution is 7.15. The number of imidazole rings is 1. The number of para-hydroxylation sites is 2. The molecule has 0 saturated carbocycles. The molecule has 0 amide bonds. The molecule has 0 aliphatic carbocycles. The van der Waals surface area contributed by atoms with Gasteiger partial charge in [-0.05, 0) is 59.0 Å². The minimum Gasteiger partial charge on any atom is -0.493 e. The second-order valence-electron chi connectivity index (χ2n) is 9.53. The summed E-state index contributed by atoms with van der Waals surface area (Å²) in [5.41, 5.74) is 4.03. The summed E-state index contributed by atoms with van der Waals surface area (Å²) in [5.74, 6) is 1.68. The van der Waals surface area contributed by atoms with Crippen molar-refractivity contribution in [1.82, 2.24) is 9.38 Å². The molecule has 0 N–H and O–H groups in total. The molecule has 178 valence electrons. The van der Waals surface area contributed by atoms with E-state index >= 15 is 0 Å². The van der Waals surface area contributed by atoms with E-state index in [2.05, 4.69) is 37.9 Å². The van der Waals surface area contributed by atoms with Gasteiger partial charge in [-0.2, -0.15) is 0 Å². The van der Waals surface area contributed by atoms with Crippen LogP contribution in [0.5, 0.6) is 11.5 Å². The summed E-state index contributed by atoms with van der Waals surface area (Å²) in [6, 6.07) is 23.8. The van der Waals surface area contributed by atoms with Crippen LogP contribution in [0.15, 0.2) is 77.6 Å². The predicted molar refractivity (Wildman–Crippen MR) is 143 cm³/mol. The second-order valence-corrected chi connectivity index (χ2v) is 10.5. The molecule has 0 atom stereocenters. The van der Waals surface area contributed by atoms with Crippen molar-refractivity contribution in [3.8, 4) is 11.5 Å². The highest BCUT2D eigenvalue weighted by Crippen LogP contribution is 2.24.